The Kier molecular flexibility index (Phi) is 3.47. The molecule has 0 bridgehead atoms. The van der Waals surface area contributed by atoms with E-state index in [9.17, 15) is 20.4 Å². The summed E-state index contributed by atoms with van der Waals surface area (Å²) >= 11 is 0. The summed E-state index contributed by atoms with van der Waals surface area (Å²) in [5.74, 6) is 0.170. The van der Waals surface area contributed by atoms with Crippen molar-refractivity contribution in [2.24, 2.45) is 0 Å². The van der Waals surface area contributed by atoms with Crippen molar-refractivity contribution >= 4 is 17.0 Å². The van der Waals surface area contributed by atoms with Crippen LogP contribution in [-0.2, 0) is 4.74 Å². The van der Waals surface area contributed by atoms with Crippen molar-refractivity contribution in [2.75, 3.05) is 12.3 Å². The molecule has 114 valence electrons. The number of hydrogen-bond donors (Lipinski definition) is 5. The third-order valence-corrected chi connectivity index (χ3v) is 3.53. The molecule has 0 amide bonds. The van der Waals surface area contributed by atoms with Gasteiger partial charge in [-0.1, -0.05) is 0 Å². The van der Waals surface area contributed by atoms with Crippen molar-refractivity contribution in [3.63, 3.8) is 0 Å². The standard InChI is InChI=1S/C11H15N5O5/c12-9-5-10(14-2-13-9)16(3-15-5)11-8(20)7(19)6(18)4(1-17)21-11/h2-4,6-8,11,17-20H,1H2,(H2,12,13,14)/t4-,6+,7-,8+,11-/m1/s1. The van der Waals surface area contributed by atoms with Crippen molar-refractivity contribution in [1.82, 2.24) is 19.5 Å². The lowest BCUT2D eigenvalue weighted by Crippen LogP contribution is -2.56. The van der Waals surface area contributed by atoms with Gasteiger partial charge in [0.1, 0.15) is 36.3 Å². The molecule has 21 heavy (non-hydrogen) atoms. The Bertz CT molecular complexity index is 647. The molecule has 1 saturated heterocycles. The van der Waals surface area contributed by atoms with E-state index in [4.69, 9.17) is 10.5 Å². The molecule has 0 aliphatic carbocycles. The van der Waals surface area contributed by atoms with Crippen LogP contribution in [0.3, 0.4) is 0 Å². The second-order valence-corrected chi connectivity index (χ2v) is 4.80. The average molecular weight is 297 g/mol. The van der Waals surface area contributed by atoms with Crippen LogP contribution in [0.15, 0.2) is 12.7 Å². The van der Waals surface area contributed by atoms with Gasteiger partial charge >= 0.3 is 0 Å². The summed E-state index contributed by atoms with van der Waals surface area (Å²) in [4.78, 5) is 11.9. The summed E-state index contributed by atoms with van der Waals surface area (Å²) < 4.78 is 6.81. The molecule has 2 aromatic rings. The van der Waals surface area contributed by atoms with Crippen molar-refractivity contribution in [3.8, 4) is 0 Å². The van der Waals surface area contributed by atoms with E-state index in [1.165, 1.54) is 17.2 Å². The minimum atomic E-state index is -1.47. The van der Waals surface area contributed by atoms with Gasteiger partial charge in [0, 0.05) is 0 Å². The molecule has 1 fully saturated rings. The van der Waals surface area contributed by atoms with Crippen molar-refractivity contribution in [1.29, 1.82) is 0 Å². The molecule has 2 aromatic heterocycles. The first-order valence-corrected chi connectivity index (χ1v) is 6.28. The van der Waals surface area contributed by atoms with E-state index in [1.54, 1.807) is 0 Å². The number of aliphatic hydroxyl groups is 4. The highest BCUT2D eigenvalue weighted by Gasteiger charge is 2.44. The van der Waals surface area contributed by atoms with Crippen molar-refractivity contribution in [2.45, 2.75) is 30.6 Å². The van der Waals surface area contributed by atoms with E-state index in [0.29, 0.717) is 11.2 Å². The Hall–Kier alpha value is -1.85. The fourth-order valence-corrected chi connectivity index (χ4v) is 2.37. The van der Waals surface area contributed by atoms with Gasteiger partial charge in [-0.25, -0.2) is 15.0 Å². The molecule has 6 N–H and O–H groups in total. The maximum atomic E-state index is 10.1. The van der Waals surface area contributed by atoms with Crippen LogP contribution in [0.4, 0.5) is 5.82 Å². The topological polar surface area (TPSA) is 160 Å². The van der Waals surface area contributed by atoms with Crippen LogP contribution in [0.5, 0.6) is 0 Å². The number of nitrogens with two attached hydrogens (primary N) is 1. The Balaban J connectivity index is 2.03. The fourth-order valence-electron chi connectivity index (χ4n) is 2.37. The molecule has 3 rings (SSSR count). The van der Waals surface area contributed by atoms with E-state index in [2.05, 4.69) is 15.0 Å². The maximum absolute atomic E-state index is 10.1. The molecule has 3 heterocycles. The van der Waals surface area contributed by atoms with Gasteiger partial charge in [0.2, 0.25) is 0 Å². The zero-order chi connectivity index (χ0) is 15.1. The third-order valence-electron chi connectivity index (χ3n) is 3.53. The van der Waals surface area contributed by atoms with Gasteiger partial charge in [0.15, 0.2) is 17.7 Å². The summed E-state index contributed by atoms with van der Waals surface area (Å²) in [6, 6.07) is 0. The summed E-state index contributed by atoms with van der Waals surface area (Å²) in [6.45, 7) is -0.509. The molecule has 10 nitrogen and oxygen atoms in total. The van der Waals surface area contributed by atoms with Crippen LogP contribution in [0.1, 0.15) is 6.23 Å². The molecule has 1 aliphatic rings. The van der Waals surface area contributed by atoms with E-state index < -0.39 is 37.3 Å². The van der Waals surface area contributed by atoms with Gasteiger partial charge < -0.3 is 30.9 Å². The number of fused-ring (bicyclic) bond motifs is 1. The number of hydrogen-bond acceptors (Lipinski definition) is 9. The predicted octanol–water partition coefficient (Wildman–Crippen LogP) is -2.62. The molecular weight excluding hydrogens is 282 g/mol. The highest BCUT2D eigenvalue weighted by atomic mass is 16.6. The van der Waals surface area contributed by atoms with Crippen molar-refractivity contribution in [3.05, 3.63) is 12.7 Å². The van der Waals surface area contributed by atoms with Gasteiger partial charge in [-0.3, -0.25) is 4.57 Å². The van der Waals surface area contributed by atoms with Gasteiger partial charge in [-0.15, -0.1) is 0 Å². The van der Waals surface area contributed by atoms with E-state index in [1.807, 2.05) is 0 Å². The molecule has 0 unspecified atom stereocenters. The Labute approximate surface area is 118 Å². The number of rotatable bonds is 2. The first-order chi connectivity index (χ1) is 10.0. The summed E-state index contributed by atoms with van der Waals surface area (Å²) in [6.07, 6.45) is -3.82. The number of aliphatic hydroxyl groups excluding tert-OH is 4. The lowest BCUT2D eigenvalue weighted by Gasteiger charge is -2.40. The minimum absolute atomic E-state index is 0.170. The molecule has 0 spiro atoms. The van der Waals surface area contributed by atoms with Crippen LogP contribution in [0.2, 0.25) is 0 Å². The third kappa shape index (κ3) is 2.13. The quantitative estimate of drug-likeness (QED) is 0.400. The zero-order valence-corrected chi connectivity index (χ0v) is 10.8. The zero-order valence-electron chi connectivity index (χ0n) is 10.8. The monoisotopic (exact) mass is 297 g/mol. The normalized spacial score (nSPS) is 33.4. The first kappa shape index (κ1) is 14.1. The molecular formula is C11H15N5O5. The number of aromatic nitrogens is 4. The Morgan fingerprint density at radius 3 is 2.62 bits per heavy atom. The number of nitrogens with zero attached hydrogens (tertiary/aromatic N) is 4. The number of ether oxygens (including phenoxy) is 1. The fraction of sp³-hybridized carbons (Fsp3) is 0.545. The smallest absolute Gasteiger partial charge is 0.167 e. The highest BCUT2D eigenvalue weighted by molar-refractivity contribution is 5.81. The van der Waals surface area contributed by atoms with Gasteiger partial charge in [-0.2, -0.15) is 0 Å². The molecule has 0 saturated carbocycles. The average Bonchev–Trinajstić information content (AvgIpc) is 2.91. The first-order valence-electron chi connectivity index (χ1n) is 6.28. The van der Waals surface area contributed by atoms with Gasteiger partial charge in [-0.05, 0) is 0 Å². The van der Waals surface area contributed by atoms with Crippen LogP contribution < -0.4 is 5.73 Å². The minimum Gasteiger partial charge on any atom is -0.394 e. The second-order valence-electron chi connectivity index (χ2n) is 4.80. The lowest BCUT2D eigenvalue weighted by molar-refractivity contribution is -0.250. The van der Waals surface area contributed by atoms with Gasteiger partial charge in [0.05, 0.1) is 12.9 Å². The molecule has 5 atom stereocenters. The molecule has 1 aliphatic heterocycles. The number of nitrogen functional groups attached to an aromatic ring is 1. The largest absolute Gasteiger partial charge is 0.394 e. The Morgan fingerprint density at radius 2 is 1.90 bits per heavy atom. The maximum Gasteiger partial charge on any atom is 0.167 e. The van der Waals surface area contributed by atoms with Crippen LogP contribution in [0.25, 0.3) is 11.2 Å². The van der Waals surface area contributed by atoms with Crippen LogP contribution in [0, 0.1) is 0 Å². The highest BCUT2D eigenvalue weighted by Crippen LogP contribution is 2.30. The van der Waals surface area contributed by atoms with Gasteiger partial charge in [0.25, 0.3) is 0 Å². The van der Waals surface area contributed by atoms with Crippen LogP contribution >= 0.6 is 0 Å². The summed E-state index contributed by atoms with van der Waals surface area (Å²) in [5.41, 5.74) is 6.32. The Morgan fingerprint density at radius 1 is 1.14 bits per heavy atom. The summed E-state index contributed by atoms with van der Waals surface area (Å²) in [7, 11) is 0. The number of anilines is 1. The number of imidazole rings is 1. The van der Waals surface area contributed by atoms with Crippen LogP contribution in [-0.4, -0.2) is 71.0 Å². The summed E-state index contributed by atoms with van der Waals surface area (Å²) in [5, 5.41) is 38.8. The predicted molar refractivity (Wildman–Crippen MR) is 68.8 cm³/mol. The van der Waals surface area contributed by atoms with E-state index in [0.717, 1.165) is 0 Å². The molecule has 10 heteroatoms. The molecule has 0 aromatic carbocycles. The van der Waals surface area contributed by atoms with Crippen molar-refractivity contribution < 1.29 is 25.2 Å². The molecule has 0 radical (unpaired) electrons. The lowest BCUT2D eigenvalue weighted by atomic mass is 9.98. The second kappa shape index (κ2) is 5.16. The van der Waals surface area contributed by atoms with E-state index in [-0.39, 0.29) is 5.82 Å². The van der Waals surface area contributed by atoms with E-state index >= 15 is 0 Å². The SMILES string of the molecule is Nc1ncnc2c1ncn2[C@@H]1O[C@H](CO)[C@H](O)[C@@H](O)[C@@H]1O.